The van der Waals surface area contributed by atoms with Gasteiger partial charge in [-0.3, -0.25) is 0 Å². The Hall–Kier alpha value is -2.14. The zero-order chi connectivity index (χ0) is 18.9. The molecule has 0 amide bonds. The van der Waals surface area contributed by atoms with Crippen LogP contribution in [0, 0.1) is 5.92 Å². The van der Waals surface area contributed by atoms with Crippen LogP contribution >= 0.6 is 11.3 Å². The molecular formula is C23H28N4S. The number of aromatic nitrogens is 2. The van der Waals surface area contributed by atoms with Gasteiger partial charge in [0.05, 0.1) is 5.39 Å². The number of anilines is 3. The lowest BCUT2D eigenvalue weighted by atomic mass is 9.89. The average molecular weight is 393 g/mol. The molecule has 0 radical (unpaired) electrons. The molecule has 4 nitrogen and oxygen atoms in total. The second-order valence-electron chi connectivity index (χ2n) is 8.33. The maximum Gasteiger partial charge on any atom is 0.142 e. The molecule has 2 aliphatic rings. The Morgan fingerprint density at radius 2 is 1.82 bits per heavy atom. The predicted octanol–water partition coefficient (Wildman–Crippen LogP) is 5.94. The maximum atomic E-state index is 4.60. The molecule has 1 saturated heterocycles. The summed E-state index contributed by atoms with van der Waals surface area (Å²) in [7, 11) is 0. The first-order chi connectivity index (χ1) is 13.8. The lowest BCUT2D eigenvalue weighted by Crippen LogP contribution is -2.23. The van der Waals surface area contributed by atoms with E-state index in [1.807, 2.05) is 11.3 Å². The van der Waals surface area contributed by atoms with E-state index in [0.29, 0.717) is 0 Å². The Morgan fingerprint density at radius 3 is 2.61 bits per heavy atom. The molecule has 0 spiro atoms. The van der Waals surface area contributed by atoms with E-state index in [9.17, 15) is 0 Å². The maximum absolute atomic E-state index is 4.60. The van der Waals surface area contributed by atoms with E-state index in [2.05, 4.69) is 51.4 Å². The summed E-state index contributed by atoms with van der Waals surface area (Å²) < 4.78 is 0. The van der Waals surface area contributed by atoms with Gasteiger partial charge in [0.25, 0.3) is 0 Å². The van der Waals surface area contributed by atoms with Gasteiger partial charge < -0.3 is 10.2 Å². The molecule has 0 bridgehead atoms. The molecule has 1 fully saturated rings. The molecular weight excluding hydrogens is 364 g/mol. The van der Waals surface area contributed by atoms with Crippen molar-refractivity contribution in [1.82, 2.24) is 9.97 Å². The molecule has 3 heterocycles. The van der Waals surface area contributed by atoms with E-state index in [0.717, 1.165) is 28.7 Å². The van der Waals surface area contributed by atoms with Crippen LogP contribution in [0.25, 0.3) is 10.2 Å². The van der Waals surface area contributed by atoms with Crippen molar-refractivity contribution in [2.75, 3.05) is 23.3 Å². The molecule has 5 heteroatoms. The first-order valence-corrected chi connectivity index (χ1v) is 11.5. The molecule has 1 unspecified atom stereocenters. The fourth-order valence-electron chi connectivity index (χ4n) is 4.59. The van der Waals surface area contributed by atoms with Crippen molar-refractivity contribution in [3.05, 3.63) is 41.0 Å². The van der Waals surface area contributed by atoms with Crippen molar-refractivity contribution >= 4 is 38.7 Å². The van der Waals surface area contributed by atoms with Gasteiger partial charge in [0.15, 0.2) is 0 Å². The normalized spacial score (nSPS) is 20.0. The number of thiophene rings is 1. The molecule has 28 heavy (non-hydrogen) atoms. The predicted molar refractivity (Wildman–Crippen MR) is 119 cm³/mol. The summed E-state index contributed by atoms with van der Waals surface area (Å²) in [5.41, 5.74) is 3.91. The van der Waals surface area contributed by atoms with Crippen molar-refractivity contribution in [1.29, 1.82) is 0 Å². The fourth-order valence-corrected chi connectivity index (χ4v) is 5.94. The van der Waals surface area contributed by atoms with Gasteiger partial charge in [0.1, 0.15) is 17.0 Å². The van der Waals surface area contributed by atoms with E-state index in [-0.39, 0.29) is 0 Å². The summed E-state index contributed by atoms with van der Waals surface area (Å²) in [5, 5.41) is 4.82. The van der Waals surface area contributed by atoms with E-state index in [1.54, 1.807) is 6.33 Å². The quantitative estimate of drug-likeness (QED) is 0.599. The number of hydrogen-bond donors (Lipinski definition) is 1. The minimum Gasteiger partial charge on any atom is -0.372 e. The largest absolute Gasteiger partial charge is 0.372 e. The van der Waals surface area contributed by atoms with E-state index in [4.69, 9.17) is 0 Å². The third kappa shape index (κ3) is 3.48. The highest BCUT2D eigenvalue weighted by molar-refractivity contribution is 7.19. The summed E-state index contributed by atoms with van der Waals surface area (Å²) in [6.07, 6.45) is 10.6. The first kappa shape index (κ1) is 17.9. The number of nitrogens with zero attached hydrogens (tertiary/aromatic N) is 3. The molecule has 2 aromatic heterocycles. The molecule has 3 aromatic rings. The molecule has 146 valence electrons. The van der Waals surface area contributed by atoms with Crippen molar-refractivity contribution in [3.63, 3.8) is 0 Å². The van der Waals surface area contributed by atoms with Crippen LogP contribution in [0.3, 0.4) is 0 Å². The second kappa shape index (κ2) is 7.70. The lowest BCUT2D eigenvalue weighted by Gasteiger charge is -2.23. The first-order valence-electron chi connectivity index (χ1n) is 10.7. The standard InChI is InChI=1S/C23H28N4S/c1-16-6-11-19-20(14-16)28-23-21(19)22(24-15-25-23)26-17-7-9-18(10-8-17)27-12-4-2-3-5-13-27/h7-10,15-16H,2-6,11-14H2,1H3,(H,24,25,26). The zero-order valence-electron chi connectivity index (χ0n) is 16.6. The minimum atomic E-state index is 0.775. The van der Waals surface area contributed by atoms with Crippen molar-refractivity contribution in [2.24, 2.45) is 5.92 Å². The highest BCUT2D eigenvalue weighted by Gasteiger charge is 2.23. The van der Waals surface area contributed by atoms with E-state index < -0.39 is 0 Å². The monoisotopic (exact) mass is 392 g/mol. The van der Waals surface area contributed by atoms with Gasteiger partial charge in [0.2, 0.25) is 0 Å². The average Bonchev–Trinajstić information content (AvgIpc) is 2.88. The Bertz CT molecular complexity index is 955. The number of fused-ring (bicyclic) bond motifs is 3. The number of benzene rings is 1. The molecule has 1 aliphatic carbocycles. The Balaban J connectivity index is 1.41. The lowest BCUT2D eigenvalue weighted by molar-refractivity contribution is 0.509. The summed E-state index contributed by atoms with van der Waals surface area (Å²) >= 11 is 1.85. The van der Waals surface area contributed by atoms with E-state index >= 15 is 0 Å². The van der Waals surface area contributed by atoms with Crippen molar-refractivity contribution < 1.29 is 0 Å². The Labute approximate surface area is 171 Å². The second-order valence-corrected chi connectivity index (χ2v) is 9.41. The van der Waals surface area contributed by atoms with Gasteiger partial charge in [-0.15, -0.1) is 11.3 Å². The van der Waals surface area contributed by atoms with Gasteiger partial charge >= 0.3 is 0 Å². The van der Waals surface area contributed by atoms with Crippen LogP contribution in [-0.4, -0.2) is 23.1 Å². The number of aryl methyl sites for hydroxylation is 1. The molecule has 1 atom stereocenters. The van der Waals surface area contributed by atoms with E-state index in [1.165, 1.54) is 73.1 Å². The van der Waals surface area contributed by atoms with Gasteiger partial charge in [-0.1, -0.05) is 19.8 Å². The summed E-state index contributed by atoms with van der Waals surface area (Å²) in [6.45, 7) is 4.71. The van der Waals surface area contributed by atoms with Crippen LogP contribution in [0.4, 0.5) is 17.2 Å². The molecule has 5 rings (SSSR count). The Kier molecular flexibility index (Phi) is 4.93. The van der Waals surface area contributed by atoms with Crippen molar-refractivity contribution in [3.8, 4) is 0 Å². The van der Waals surface area contributed by atoms with Gasteiger partial charge in [-0.05, 0) is 67.9 Å². The number of rotatable bonds is 3. The number of hydrogen-bond acceptors (Lipinski definition) is 5. The molecule has 0 saturated carbocycles. The third-order valence-electron chi connectivity index (χ3n) is 6.19. The highest BCUT2D eigenvalue weighted by atomic mass is 32.1. The zero-order valence-corrected chi connectivity index (χ0v) is 17.4. The van der Waals surface area contributed by atoms with Crippen LogP contribution in [0.5, 0.6) is 0 Å². The van der Waals surface area contributed by atoms with Crippen LogP contribution < -0.4 is 10.2 Å². The van der Waals surface area contributed by atoms with Crippen LogP contribution in [0.2, 0.25) is 0 Å². The van der Waals surface area contributed by atoms with Crippen LogP contribution in [0.15, 0.2) is 30.6 Å². The van der Waals surface area contributed by atoms with Gasteiger partial charge in [0, 0.05) is 29.3 Å². The highest BCUT2D eigenvalue weighted by Crippen LogP contribution is 2.40. The van der Waals surface area contributed by atoms with Crippen LogP contribution in [-0.2, 0) is 12.8 Å². The fraction of sp³-hybridized carbons (Fsp3) is 0.478. The molecule has 1 aromatic carbocycles. The summed E-state index contributed by atoms with van der Waals surface area (Å²) in [4.78, 5) is 14.3. The Morgan fingerprint density at radius 1 is 1.04 bits per heavy atom. The summed E-state index contributed by atoms with van der Waals surface area (Å²) in [6, 6.07) is 8.87. The minimum absolute atomic E-state index is 0.775. The van der Waals surface area contributed by atoms with Gasteiger partial charge in [-0.25, -0.2) is 9.97 Å². The molecule has 1 aliphatic heterocycles. The number of nitrogens with one attached hydrogen (secondary N) is 1. The van der Waals surface area contributed by atoms with Crippen molar-refractivity contribution in [2.45, 2.75) is 51.9 Å². The smallest absolute Gasteiger partial charge is 0.142 e. The van der Waals surface area contributed by atoms with Crippen LogP contribution in [0.1, 0.15) is 49.5 Å². The molecule has 1 N–H and O–H groups in total. The summed E-state index contributed by atoms with van der Waals surface area (Å²) in [5.74, 6) is 1.73. The topological polar surface area (TPSA) is 41.1 Å². The SMILES string of the molecule is CC1CCc2c(sc3ncnc(Nc4ccc(N5CCCCCC5)cc4)c23)C1. The van der Waals surface area contributed by atoms with Gasteiger partial charge in [-0.2, -0.15) is 0 Å². The third-order valence-corrected chi connectivity index (χ3v) is 7.36.